The minimum absolute atomic E-state index is 1.01. The molecule has 0 fully saturated rings. The fraction of sp³-hybridized carbons (Fsp3) is 0.0851. The average Bonchev–Trinajstić information content (AvgIpc) is 3.53. The first-order valence-electron chi connectivity index (χ1n) is 17.6. The summed E-state index contributed by atoms with van der Waals surface area (Å²) in [7, 11) is 0. The fourth-order valence-electron chi connectivity index (χ4n) is 7.59. The molecule has 240 valence electrons. The lowest BCUT2D eigenvalue weighted by Gasteiger charge is -2.25. The number of aryl methyl sites for hydroxylation is 1. The van der Waals surface area contributed by atoms with Crippen molar-refractivity contribution < 1.29 is 0 Å². The number of rotatable bonds is 7. The molecule has 0 N–H and O–H groups in total. The third-order valence-electron chi connectivity index (χ3n) is 10.1. The zero-order valence-corrected chi connectivity index (χ0v) is 27.9. The largest absolute Gasteiger partial charge is 0.313 e. The van der Waals surface area contributed by atoms with Crippen LogP contribution in [0.1, 0.15) is 24.1 Å². The molecule has 0 saturated carbocycles. The lowest BCUT2D eigenvalue weighted by molar-refractivity contribution is 0.667. The molecule has 2 aromatic heterocycles. The van der Waals surface area contributed by atoms with Gasteiger partial charge in [-0.2, -0.15) is 0 Å². The molecule has 8 aromatic rings. The number of aromatic nitrogens is 2. The van der Waals surface area contributed by atoms with Crippen molar-refractivity contribution in [3.63, 3.8) is 0 Å². The number of pyridine rings is 1. The van der Waals surface area contributed by atoms with Crippen molar-refractivity contribution in [3.8, 4) is 39.2 Å². The lowest BCUT2D eigenvalue weighted by Crippen LogP contribution is -2.09. The Hall–Kier alpha value is -6.19. The van der Waals surface area contributed by atoms with Crippen LogP contribution in [0.25, 0.3) is 50.1 Å². The molecule has 0 spiro atoms. The normalized spacial score (nSPS) is 12.5. The summed E-state index contributed by atoms with van der Waals surface area (Å²) in [5.41, 5.74) is 15.9. The maximum atomic E-state index is 4.63. The van der Waals surface area contributed by atoms with Gasteiger partial charge in [-0.1, -0.05) is 103 Å². The molecule has 0 saturated heterocycles. The molecular weight excluding hydrogens is 607 g/mol. The second-order valence-corrected chi connectivity index (χ2v) is 13.1. The van der Waals surface area contributed by atoms with Gasteiger partial charge in [0.1, 0.15) is 0 Å². The SMILES string of the molecule is c1ccc(N(c2ccccc2)c2ccc(-c3ccc(-c4ccc(-n5c6c(c7ccc(-c8ccccn8)cc75)CCCC6)cc4)cc3)cc2)cc1. The molecule has 0 amide bonds. The molecule has 0 radical (unpaired) electrons. The van der Waals surface area contributed by atoms with E-state index in [2.05, 4.69) is 178 Å². The van der Waals surface area contributed by atoms with Gasteiger partial charge < -0.3 is 9.47 Å². The summed E-state index contributed by atoms with van der Waals surface area (Å²) >= 11 is 0. The van der Waals surface area contributed by atoms with E-state index in [4.69, 9.17) is 0 Å². The van der Waals surface area contributed by atoms with Crippen molar-refractivity contribution in [1.82, 2.24) is 9.55 Å². The van der Waals surface area contributed by atoms with Crippen LogP contribution in [0, 0.1) is 0 Å². The van der Waals surface area contributed by atoms with Crippen LogP contribution in [0.15, 0.2) is 176 Å². The van der Waals surface area contributed by atoms with Crippen molar-refractivity contribution in [1.29, 1.82) is 0 Å². The first-order chi connectivity index (χ1) is 24.8. The van der Waals surface area contributed by atoms with Gasteiger partial charge in [-0.25, -0.2) is 0 Å². The van der Waals surface area contributed by atoms with Crippen molar-refractivity contribution in [3.05, 3.63) is 187 Å². The number of nitrogens with zero attached hydrogens (tertiary/aromatic N) is 3. The third kappa shape index (κ3) is 5.57. The minimum atomic E-state index is 1.01. The third-order valence-corrected chi connectivity index (χ3v) is 10.1. The summed E-state index contributed by atoms with van der Waals surface area (Å²) in [4.78, 5) is 6.93. The zero-order chi connectivity index (χ0) is 33.3. The first-order valence-corrected chi connectivity index (χ1v) is 17.6. The topological polar surface area (TPSA) is 21.1 Å². The predicted octanol–water partition coefficient (Wildman–Crippen LogP) is 12.4. The van der Waals surface area contributed by atoms with E-state index in [9.17, 15) is 0 Å². The van der Waals surface area contributed by atoms with Crippen molar-refractivity contribution in [2.45, 2.75) is 25.7 Å². The quantitative estimate of drug-likeness (QED) is 0.172. The molecule has 1 aliphatic rings. The van der Waals surface area contributed by atoms with Crippen LogP contribution >= 0.6 is 0 Å². The van der Waals surface area contributed by atoms with Crippen LogP contribution in [0.5, 0.6) is 0 Å². The van der Waals surface area contributed by atoms with Crippen LogP contribution in [0.3, 0.4) is 0 Å². The standard InChI is InChI=1S/C47H37N3/c1-3-11-39(12-4-1)49(40-13-5-2-6-14-40)41-27-22-36(23-28-41)34-18-20-35(21-19-34)37-24-29-42(30-25-37)50-46-17-8-7-15-43(46)44-31-26-38(33-47(44)50)45-16-9-10-32-48-45/h1-6,9-14,16,18-33H,7-8,15,17H2. The number of anilines is 3. The average molecular weight is 644 g/mol. The second-order valence-electron chi connectivity index (χ2n) is 13.1. The highest BCUT2D eigenvalue weighted by Crippen LogP contribution is 2.38. The van der Waals surface area contributed by atoms with Crippen LogP contribution in [0.4, 0.5) is 17.1 Å². The molecule has 2 heterocycles. The van der Waals surface area contributed by atoms with E-state index >= 15 is 0 Å². The first kappa shape index (κ1) is 29.9. The van der Waals surface area contributed by atoms with Gasteiger partial charge in [0.2, 0.25) is 0 Å². The number of benzene rings is 6. The van der Waals surface area contributed by atoms with Crippen LogP contribution < -0.4 is 4.90 Å². The molecule has 3 heteroatoms. The number of hydrogen-bond acceptors (Lipinski definition) is 2. The maximum Gasteiger partial charge on any atom is 0.0702 e. The van der Waals surface area contributed by atoms with Gasteiger partial charge in [-0.15, -0.1) is 0 Å². The molecule has 3 nitrogen and oxygen atoms in total. The van der Waals surface area contributed by atoms with E-state index in [-0.39, 0.29) is 0 Å². The van der Waals surface area contributed by atoms with Gasteiger partial charge in [0.05, 0.1) is 11.2 Å². The van der Waals surface area contributed by atoms with Crippen molar-refractivity contribution in [2.75, 3.05) is 4.90 Å². The fourth-order valence-corrected chi connectivity index (χ4v) is 7.59. The van der Waals surface area contributed by atoms with Gasteiger partial charge in [-0.05, 0) is 120 Å². The summed E-state index contributed by atoms with van der Waals surface area (Å²) in [6.45, 7) is 0. The summed E-state index contributed by atoms with van der Waals surface area (Å²) in [5, 5.41) is 1.37. The minimum Gasteiger partial charge on any atom is -0.313 e. The predicted molar refractivity (Wildman–Crippen MR) is 209 cm³/mol. The Morgan fingerprint density at radius 2 is 0.980 bits per heavy atom. The number of para-hydroxylation sites is 2. The second kappa shape index (κ2) is 13.0. The highest BCUT2D eigenvalue weighted by atomic mass is 15.1. The Labute approximate surface area is 293 Å². The molecular formula is C47H37N3. The lowest BCUT2D eigenvalue weighted by atomic mass is 9.95. The van der Waals surface area contributed by atoms with Crippen LogP contribution in [-0.4, -0.2) is 9.55 Å². The summed E-state index contributed by atoms with van der Waals surface area (Å²) in [5.74, 6) is 0. The Kier molecular flexibility index (Phi) is 7.79. The Balaban J connectivity index is 0.994. The van der Waals surface area contributed by atoms with Gasteiger partial charge in [-0.3, -0.25) is 4.98 Å². The van der Waals surface area contributed by atoms with Crippen LogP contribution in [0.2, 0.25) is 0 Å². The van der Waals surface area contributed by atoms with E-state index in [1.807, 2.05) is 12.3 Å². The van der Waals surface area contributed by atoms with Gasteiger partial charge in [0.25, 0.3) is 0 Å². The van der Waals surface area contributed by atoms with Gasteiger partial charge >= 0.3 is 0 Å². The Morgan fingerprint density at radius 1 is 0.460 bits per heavy atom. The summed E-state index contributed by atoms with van der Waals surface area (Å²) in [6, 6.07) is 61.0. The number of hydrogen-bond donors (Lipinski definition) is 0. The van der Waals surface area contributed by atoms with Crippen molar-refractivity contribution in [2.24, 2.45) is 0 Å². The molecule has 9 rings (SSSR count). The van der Waals surface area contributed by atoms with E-state index in [0.717, 1.165) is 41.2 Å². The molecule has 50 heavy (non-hydrogen) atoms. The molecule has 0 bridgehead atoms. The summed E-state index contributed by atoms with van der Waals surface area (Å²) < 4.78 is 2.50. The van der Waals surface area contributed by atoms with Crippen molar-refractivity contribution >= 4 is 28.0 Å². The Morgan fingerprint density at radius 3 is 1.58 bits per heavy atom. The van der Waals surface area contributed by atoms with Gasteiger partial charge in [0, 0.05) is 45.6 Å². The maximum absolute atomic E-state index is 4.63. The highest BCUT2D eigenvalue weighted by molar-refractivity contribution is 5.91. The molecule has 0 aliphatic heterocycles. The van der Waals surface area contributed by atoms with Crippen LogP contribution in [-0.2, 0) is 12.8 Å². The Bertz CT molecular complexity index is 2340. The summed E-state index contributed by atoms with van der Waals surface area (Å²) in [6.07, 6.45) is 6.63. The van der Waals surface area contributed by atoms with E-state index in [1.165, 1.54) is 62.9 Å². The van der Waals surface area contributed by atoms with E-state index in [1.54, 1.807) is 0 Å². The highest BCUT2D eigenvalue weighted by Gasteiger charge is 2.21. The molecule has 0 unspecified atom stereocenters. The smallest absolute Gasteiger partial charge is 0.0702 e. The van der Waals surface area contributed by atoms with E-state index < -0.39 is 0 Å². The molecule has 0 atom stereocenters. The monoisotopic (exact) mass is 643 g/mol. The van der Waals surface area contributed by atoms with Gasteiger partial charge in [0.15, 0.2) is 0 Å². The number of fused-ring (bicyclic) bond motifs is 3. The zero-order valence-electron chi connectivity index (χ0n) is 27.9. The van der Waals surface area contributed by atoms with E-state index in [0.29, 0.717) is 0 Å². The molecule has 6 aromatic carbocycles. The molecule has 1 aliphatic carbocycles.